The lowest BCUT2D eigenvalue weighted by atomic mass is 10.2. The zero-order valence-electron chi connectivity index (χ0n) is 14.0. The maximum Gasteiger partial charge on any atom is 0.263 e. The van der Waals surface area contributed by atoms with Crippen molar-refractivity contribution < 1.29 is 22.4 Å². The second-order valence-corrected chi connectivity index (χ2v) is 7.04. The first-order valence-corrected chi connectivity index (χ1v) is 9.17. The van der Waals surface area contributed by atoms with Gasteiger partial charge in [0.1, 0.15) is 17.6 Å². The van der Waals surface area contributed by atoms with Crippen LogP contribution in [0.3, 0.4) is 0 Å². The molecule has 8 nitrogen and oxygen atoms in total. The molecular formula is C16H19N3O5S. The van der Waals surface area contributed by atoms with Gasteiger partial charge in [-0.3, -0.25) is 9.10 Å². The van der Waals surface area contributed by atoms with Crippen LogP contribution in [0.15, 0.2) is 52.2 Å². The van der Waals surface area contributed by atoms with E-state index in [0.29, 0.717) is 17.2 Å². The zero-order chi connectivity index (χ0) is 18.4. The maximum atomic E-state index is 12.3. The Morgan fingerprint density at radius 2 is 2.00 bits per heavy atom. The lowest BCUT2D eigenvalue weighted by molar-refractivity contribution is -0.121. The number of anilines is 1. The molecule has 9 heteroatoms. The Kier molecular flexibility index (Phi) is 5.81. The van der Waals surface area contributed by atoms with Crippen molar-refractivity contribution in [2.24, 2.45) is 5.10 Å². The van der Waals surface area contributed by atoms with Crippen molar-refractivity contribution >= 4 is 27.8 Å². The fourth-order valence-electron chi connectivity index (χ4n) is 2.16. The van der Waals surface area contributed by atoms with Gasteiger partial charge >= 0.3 is 0 Å². The Bertz CT molecular complexity index is 829. The molecule has 2 aromatic rings. The van der Waals surface area contributed by atoms with Gasteiger partial charge < -0.3 is 9.15 Å². The third-order valence-electron chi connectivity index (χ3n) is 3.33. The summed E-state index contributed by atoms with van der Waals surface area (Å²) in [6.45, 7) is 1.48. The molecule has 1 amide bonds. The summed E-state index contributed by atoms with van der Waals surface area (Å²) in [7, 11) is -2.18. The van der Waals surface area contributed by atoms with Crippen LogP contribution in [0, 0.1) is 0 Å². The highest BCUT2D eigenvalue weighted by Gasteiger charge is 2.29. The van der Waals surface area contributed by atoms with Crippen molar-refractivity contribution in [3.63, 3.8) is 0 Å². The number of rotatable bonds is 7. The summed E-state index contributed by atoms with van der Waals surface area (Å²) < 4.78 is 35.4. The molecule has 0 fully saturated rings. The van der Waals surface area contributed by atoms with Gasteiger partial charge in [-0.2, -0.15) is 5.10 Å². The Labute approximate surface area is 146 Å². The third kappa shape index (κ3) is 4.83. The number of furan rings is 1. The first-order valence-electron chi connectivity index (χ1n) is 7.33. The number of nitrogens with zero attached hydrogens (tertiary/aromatic N) is 2. The average Bonchev–Trinajstić information content (AvgIpc) is 3.07. The van der Waals surface area contributed by atoms with Gasteiger partial charge in [0.05, 0.1) is 31.5 Å². The molecule has 1 atom stereocenters. The molecule has 0 spiro atoms. The van der Waals surface area contributed by atoms with Gasteiger partial charge in [-0.15, -0.1) is 0 Å². The number of amides is 1. The molecule has 2 rings (SSSR count). The molecule has 1 N–H and O–H groups in total. The number of ether oxygens (including phenoxy) is 1. The van der Waals surface area contributed by atoms with Gasteiger partial charge in [-0.1, -0.05) is 0 Å². The largest absolute Gasteiger partial charge is 0.497 e. The van der Waals surface area contributed by atoms with E-state index >= 15 is 0 Å². The Morgan fingerprint density at radius 3 is 2.52 bits per heavy atom. The number of sulfonamides is 1. The second kappa shape index (κ2) is 7.84. The molecule has 0 aliphatic heterocycles. The number of hydrogen-bond donors (Lipinski definition) is 1. The summed E-state index contributed by atoms with van der Waals surface area (Å²) in [5.74, 6) is 0.462. The highest BCUT2D eigenvalue weighted by Crippen LogP contribution is 2.23. The van der Waals surface area contributed by atoms with Gasteiger partial charge in [0.2, 0.25) is 10.0 Å². The van der Waals surface area contributed by atoms with Crippen LogP contribution in [-0.2, 0) is 14.8 Å². The summed E-state index contributed by atoms with van der Waals surface area (Å²) in [6.07, 6.45) is 3.83. The summed E-state index contributed by atoms with van der Waals surface area (Å²) in [5, 5.41) is 3.76. The van der Waals surface area contributed by atoms with E-state index in [4.69, 9.17) is 9.15 Å². The molecule has 0 unspecified atom stereocenters. The molecule has 0 bridgehead atoms. The molecule has 25 heavy (non-hydrogen) atoms. The van der Waals surface area contributed by atoms with Crippen LogP contribution in [0.4, 0.5) is 5.69 Å². The Hall–Kier alpha value is -2.81. The minimum atomic E-state index is -3.69. The second-order valence-electron chi connectivity index (χ2n) is 5.18. The molecule has 0 saturated carbocycles. The molecule has 1 heterocycles. The van der Waals surface area contributed by atoms with E-state index in [9.17, 15) is 13.2 Å². The van der Waals surface area contributed by atoms with Gasteiger partial charge in [0.25, 0.3) is 5.91 Å². The van der Waals surface area contributed by atoms with E-state index in [0.717, 1.165) is 10.6 Å². The topological polar surface area (TPSA) is 101 Å². The highest BCUT2D eigenvalue weighted by molar-refractivity contribution is 7.92. The predicted octanol–water partition coefficient (Wildman–Crippen LogP) is 1.59. The van der Waals surface area contributed by atoms with Gasteiger partial charge in [-0.25, -0.2) is 13.8 Å². The van der Waals surface area contributed by atoms with Crippen LogP contribution in [-0.4, -0.2) is 39.9 Å². The van der Waals surface area contributed by atoms with Crippen LogP contribution < -0.4 is 14.5 Å². The lowest BCUT2D eigenvalue weighted by Gasteiger charge is -2.27. The minimum absolute atomic E-state index is 0.348. The van der Waals surface area contributed by atoms with Gasteiger partial charge in [0, 0.05) is 0 Å². The summed E-state index contributed by atoms with van der Waals surface area (Å²) in [5.41, 5.74) is 2.65. The standard InChI is InChI=1S/C16H19N3O5S/c1-12(16(20)18-17-11-15-5-4-10-24-15)19(25(3,21)22)13-6-8-14(23-2)9-7-13/h4-12H,1-3H3,(H,18,20)/b17-11-/t12-/m0/s1. The first-order chi connectivity index (χ1) is 11.8. The normalized spacial score (nSPS) is 12.8. The highest BCUT2D eigenvalue weighted by atomic mass is 32.2. The number of hydrazone groups is 1. The minimum Gasteiger partial charge on any atom is -0.497 e. The summed E-state index contributed by atoms with van der Waals surface area (Å²) >= 11 is 0. The third-order valence-corrected chi connectivity index (χ3v) is 4.57. The van der Waals surface area contributed by atoms with Crippen LogP contribution in [0.1, 0.15) is 12.7 Å². The van der Waals surface area contributed by atoms with Crippen molar-refractivity contribution in [1.29, 1.82) is 0 Å². The summed E-state index contributed by atoms with van der Waals surface area (Å²) in [4.78, 5) is 12.3. The van der Waals surface area contributed by atoms with Crippen LogP contribution in [0.2, 0.25) is 0 Å². The molecule has 134 valence electrons. The first kappa shape index (κ1) is 18.5. The van der Waals surface area contributed by atoms with Crippen molar-refractivity contribution in [2.45, 2.75) is 13.0 Å². The maximum absolute atomic E-state index is 12.3. The monoisotopic (exact) mass is 365 g/mol. The van der Waals surface area contributed by atoms with Gasteiger partial charge in [-0.05, 0) is 43.3 Å². The van der Waals surface area contributed by atoms with Crippen molar-refractivity contribution in [2.75, 3.05) is 17.7 Å². The van der Waals surface area contributed by atoms with Crippen molar-refractivity contribution in [1.82, 2.24) is 5.43 Å². The Morgan fingerprint density at radius 1 is 1.32 bits per heavy atom. The van der Waals surface area contributed by atoms with Crippen molar-refractivity contribution in [3.8, 4) is 5.75 Å². The molecule has 1 aromatic heterocycles. The molecule has 0 aliphatic rings. The Balaban J connectivity index is 2.17. The van der Waals surface area contributed by atoms with Crippen LogP contribution in [0.5, 0.6) is 5.75 Å². The molecule has 1 aromatic carbocycles. The molecular weight excluding hydrogens is 346 g/mol. The van der Waals surface area contributed by atoms with Gasteiger partial charge in [0.15, 0.2) is 0 Å². The fourth-order valence-corrected chi connectivity index (χ4v) is 3.33. The number of hydrogen-bond acceptors (Lipinski definition) is 6. The smallest absolute Gasteiger partial charge is 0.263 e. The number of carbonyl (C=O) groups is 1. The van der Waals surface area contributed by atoms with Crippen molar-refractivity contribution in [3.05, 3.63) is 48.4 Å². The average molecular weight is 365 g/mol. The SMILES string of the molecule is COc1ccc(N([C@@H](C)C(=O)N/N=C\c2ccco2)S(C)(=O)=O)cc1. The van der Waals surface area contributed by atoms with Crippen LogP contribution >= 0.6 is 0 Å². The number of carbonyl (C=O) groups excluding carboxylic acids is 1. The predicted molar refractivity (Wildman–Crippen MR) is 94.2 cm³/mol. The fraction of sp³-hybridized carbons (Fsp3) is 0.250. The van der Waals surface area contributed by atoms with Crippen LogP contribution in [0.25, 0.3) is 0 Å². The molecule has 0 aliphatic carbocycles. The number of methoxy groups -OCH3 is 1. The quantitative estimate of drug-likeness (QED) is 0.593. The van der Waals surface area contributed by atoms with E-state index in [1.165, 1.54) is 26.5 Å². The van der Waals surface area contributed by atoms with E-state index in [-0.39, 0.29) is 0 Å². The van der Waals surface area contributed by atoms with E-state index in [1.54, 1.807) is 36.4 Å². The number of benzene rings is 1. The molecule has 0 saturated heterocycles. The lowest BCUT2D eigenvalue weighted by Crippen LogP contribution is -2.46. The van der Waals surface area contributed by atoms with E-state index in [2.05, 4.69) is 10.5 Å². The zero-order valence-corrected chi connectivity index (χ0v) is 14.9. The van der Waals surface area contributed by atoms with E-state index in [1.807, 2.05) is 0 Å². The van der Waals surface area contributed by atoms with E-state index < -0.39 is 22.0 Å². The summed E-state index contributed by atoms with van der Waals surface area (Å²) in [6, 6.07) is 8.71. The number of nitrogens with one attached hydrogen (secondary N) is 1. The molecule has 0 radical (unpaired) electrons.